The van der Waals surface area contributed by atoms with Crippen LogP contribution in [0.25, 0.3) is 76.6 Å². The van der Waals surface area contributed by atoms with Gasteiger partial charge >= 0.3 is 0 Å². The van der Waals surface area contributed by atoms with Gasteiger partial charge in [-0.05, 0) is 123 Å². The number of aryl methyl sites for hydroxylation is 4. The van der Waals surface area contributed by atoms with E-state index >= 15 is 0 Å². The fourth-order valence-electron chi connectivity index (χ4n) is 10.8. The van der Waals surface area contributed by atoms with E-state index in [9.17, 15) is 0 Å². The Kier molecular flexibility index (Phi) is 7.50. The Balaban J connectivity index is 1.19. The van der Waals surface area contributed by atoms with Crippen LogP contribution in [0.5, 0.6) is 0 Å². The first kappa shape index (κ1) is 35.7. The number of hydrogen-bond donors (Lipinski definition) is 0. The van der Waals surface area contributed by atoms with Crippen molar-refractivity contribution in [1.82, 2.24) is 8.80 Å². The van der Waals surface area contributed by atoms with Crippen LogP contribution in [0, 0.1) is 27.7 Å². The molecule has 5 nitrogen and oxygen atoms in total. The van der Waals surface area contributed by atoms with Crippen molar-refractivity contribution < 1.29 is 4.42 Å². The lowest BCUT2D eigenvalue weighted by Crippen LogP contribution is -2.13. The van der Waals surface area contributed by atoms with E-state index in [2.05, 4.69) is 222 Å². The van der Waals surface area contributed by atoms with Gasteiger partial charge < -0.3 is 23.0 Å². The highest BCUT2D eigenvalue weighted by Crippen LogP contribution is 2.51. The van der Waals surface area contributed by atoms with Crippen LogP contribution in [0.4, 0.5) is 34.1 Å². The van der Waals surface area contributed by atoms with E-state index in [0.717, 1.165) is 55.7 Å². The second kappa shape index (κ2) is 13.2. The number of para-hydroxylation sites is 6. The molecule has 13 aromatic rings. The smallest absolute Gasteiger partial charge is 0.159 e. The van der Waals surface area contributed by atoms with Gasteiger partial charge in [-0.1, -0.05) is 109 Å². The average molecular weight is 811 g/mol. The number of nitrogens with zero attached hydrogens (tertiary/aromatic N) is 4. The molecule has 0 fully saturated rings. The molecule has 0 amide bonds. The zero-order valence-electron chi connectivity index (χ0n) is 35.5. The second-order valence-corrected chi connectivity index (χ2v) is 17.2. The molecule has 9 aromatic carbocycles. The van der Waals surface area contributed by atoms with Gasteiger partial charge in [0.05, 0.1) is 50.2 Å². The van der Waals surface area contributed by atoms with Crippen LogP contribution < -0.4 is 9.80 Å². The lowest BCUT2D eigenvalue weighted by Gasteiger charge is -2.29. The molecule has 0 spiro atoms. The van der Waals surface area contributed by atoms with Crippen molar-refractivity contribution in [2.24, 2.45) is 0 Å². The van der Waals surface area contributed by atoms with Crippen LogP contribution in [0.15, 0.2) is 186 Å². The molecule has 4 aromatic heterocycles. The monoisotopic (exact) mass is 810 g/mol. The maximum atomic E-state index is 6.81. The predicted octanol–water partition coefficient (Wildman–Crippen LogP) is 16.3. The van der Waals surface area contributed by atoms with Gasteiger partial charge in [-0.15, -0.1) is 0 Å². The Hall–Kier alpha value is -8.02. The minimum Gasteiger partial charge on any atom is -0.454 e. The van der Waals surface area contributed by atoms with Gasteiger partial charge in [0.2, 0.25) is 0 Å². The molecule has 0 saturated heterocycles. The molecule has 4 heterocycles. The van der Waals surface area contributed by atoms with E-state index in [4.69, 9.17) is 4.42 Å². The Morgan fingerprint density at radius 2 is 0.841 bits per heavy atom. The van der Waals surface area contributed by atoms with Gasteiger partial charge in [-0.2, -0.15) is 0 Å². The maximum absolute atomic E-state index is 6.81. The highest BCUT2D eigenvalue weighted by atomic mass is 16.3. The summed E-state index contributed by atoms with van der Waals surface area (Å²) in [5, 5.41) is 7.05. The highest BCUT2D eigenvalue weighted by molar-refractivity contribution is 6.27. The molecule has 0 aliphatic carbocycles. The summed E-state index contributed by atoms with van der Waals surface area (Å²) in [6.45, 7) is 8.80. The summed E-state index contributed by atoms with van der Waals surface area (Å²) < 4.78 is 11.9. The normalized spacial score (nSPS) is 12.1. The summed E-state index contributed by atoms with van der Waals surface area (Å²) in [7, 11) is 0. The summed E-state index contributed by atoms with van der Waals surface area (Å²) in [4.78, 5) is 4.91. The SMILES string of the molecule is Cc1cc(C)cc(N(c2cccc3c2oc2ccccc23)c2ccc3c4c2c2ccccc2n4c2ccc(N(c4ccccc4C)c4ccccc4C)c4c5ccccc5n3c42)c1. The fourth-order valence-corrected chi connectivity index (χ4v) is 10.8. The number of furan rings is 1. The minimum atomic E-state index is 0.869. The number of fused-ring (bicyclic) bond motifs is 11. The first-order chi connectivity index (χ1) is 30.9. The van der Waals surface area contributed by atoms with Gasteiger partial charge in [0, 0.05) is 49.4 Å². The van der Waals surface area contributed by atoms with E-state index in [0.29, 0.717) is 0 Å². The lowest BCUT2D eigenvalue weighted by atomic mass is 10.0. The van der Waals surface area contributed by atoms with E-state index in [1.54, 1.807) is 0 Å². The highest BCUT2D eigenvalue weighted by Gasteiger charge is 2.29. The summed E-state index contributed by atoms with van der Waals surface area (Å²) in [5.41, 5.74) is 20.3. The van der Waals surface area contributed by atoms with E-state index in [-0.39, 0.29) is 0 Å². The Morgan fingerprint density at radius 3 is 1.43 bits per heavy atom. The molecule has 5 heteroatoms. The van der Waals surface area contributed by atoms with Gasteiger partial charge in [0.15, 0.2) is 5.58 Å². The number of hydrogen-bond acceptors (Lipinski definition) is 3. The number of anilines is 6. The molecule has 0 radical (unpaired) electrons. The Morgan fingerprint density at radius 1 is 0.365 bits per heavy atom. The topological polar surface area (TPSA) is 28.4 Å². The quantitative estimate of drug-likeness (QED) is 0.157. The third kappa shape index (κ3) is 4.99. The summed E-state index contributed by atoms with van der Waals surface area (Å²) in [5.74, 6) is 0. The Labute approximate surface area is 364 Å². The molecule has 0 atom stereocenters. The van der Waals surface area contributed by atoms with Crippen molar-refractivity contribution in [2.45, 2.75) is 27.7 Å². The summed E-state index contributed by atoms with van der Waals surface area (Å²) in [6.07, 6.45) is 0. The van der Waals surface area contributed by atoms with Gasteiger partial charge in [0.25, 0.3) is 0 Å². The molecule has 0 unspecified atom stereocenters. The van der Waals surface area contributed by atoms with Gasteiger partial charge in [-0.25, -0.2) is 0 Å². The van der Waals surface area contributed by atoms with Crippen molar-refractivity contribution in [3.63, 3.8) is 0 Å². The lowest BCUT2D eigenvalue weighted by molar-refractivity contribution is 0.669. The summed E-state index contributed by atoms with van der Waals surface area (Å²) in [6, 6.07) is 66.5. The molecular formula is C58H42N4O. The van der Waals surface area contributed by atoms with E-state index in [1.807, 2.05) is 6.07 Å². The zero-order valence-corrected chi connectivity index (χ0v) is 35.5. The van der Waals surface area contributed by atoms with Crippen LogP contribution >= 0.6 is 0 Å². The predicted molar refractivity (Wildman–Crippen MR) is 265 cm³/mol. The number of rotatable bonds is 6. The maximum Gasteiger partial charge on any atom is 0.159 e. The second-order valence-electron chi connectivity index (χ2n) is 17.2. The standard InChI is InChI=1S/C58H42N4O/c1-35-32-36(2)34-39(33-35)59(52-26-15-21-41-40-18-9-14-27-53(40)63-58(41)52)48-28-30-50-56-54(48)42-19-7-12-24-46(42)61(56)51-31-29-49(55-43-20-8-13-25-47(43)62(50)57(51)55)60(44-22-10-5-16-37(44)3)45-23-11-6-17-38(45)4/h5-34H,1-4H3. The molecular weight excluding hydrogens is 769 g/mol. The average Bonchev–Trinajstić information content (AvgIpc) is 3.97. The molecule has 0 aliphatic heterocycles. The zero-order chi connectivity index (χ0) is 42.1. The molecule has 63 heavy (non-hydrogen) atoms. The van der Waals surface area contributed by atoms with E-state index in [1.165, 1.54) is 77.2 Å². The summed E-state index contributed by atoms with van der Waals surface area (Å²) >= 11 is 0. The van der Waals surface area contributed by atoms with Crippen molar-refractivity contribution in [2.75, 3.05) is 9.80 Å². The van der Waals surface area contributed by atoms with Crippen molar-refractivity contribution in [3.05, 3.63) is 204 Å². The molecule has 0 bridgehead atoms. The first-order valence-electron chi connectivity index (χ1n) is 21.8. The van der Waals surface area contributed by atoms with Crippen LogP contribution in [-0.4, -0.2) is 8.80 Å². The molecule has 300 valence electrons. The molecule has 0 N–H and O–H groups in total. The van der Waals surface area contributed by atoms with Crippen molar-refractivity contribution in [1.29, 1.82) is 0 Å². The molecule has 0 saturated carbocycles. The van der Waals surface area contributed by atoms with Crippen LogP contribution in [0.3, 0.4) is 0 Å². The third-order valence-corrected chi connectivity index (χ3v) is 13.3. The Bertz CT molecular complexity index is 3930. The third-order valence-electron chi connectivity index (χ3n) is 13.3. The van der Waals surface area contributed by atoms with Crippen LogP contribution in [0.2, 0.25) is 0 Å². The molecule has 0 aliphatic rings. The van der Waals surface area contributed by atoms with Crippen molar-refractivity contribution in [3.8, 4) is 0 Å². The number of aromatic nitrogens is 2. The number of benzene rings is 9. The van der Waals surface area contributed by atoms with Crippen LogP contribution in [-0.2, 0) is 0 Å². The van der Waals surface area contributed by atoms with Gasteiger partial charge in [-0.3, -0.25) is 0 Å². The minimum absolute atomic E-state index is 0.869. The van der Waals surface area contributed by atoms with Crippen LogP contribution in [0.1, 0.15) is 22.3 Å². The fraction of sp³-hybridized carbons (Fsp3) is 0.0690. The van der Waals surface area contributed by atoms with Gasteiger partial charge in [0.1, 0.15) is 5.58 Å². The molecule has 13 rings (SSSR count). The first-order valence-corrected chi connectivity index (χ1v) is 21.8. The van der Waals surface area contributed by atoms with Crippen molar-refractivity contribution >= 4 is 111 Å². The largest absolute Gasteiger partial charge is 0.454 e. The van der Waals surface area contributed by atoms with E-state index < -0.39 is 0 Å².